The van der Waals surface area contributed by atoms with Gasteiger partial charge in [0.2, 0.25) is 0 Å². The number of likely N-dealkylation sites (N-methyl/N-ethyl adjacent to an activating group) is 1. The Labute approximate surface area is 99.3 Å². The van der Waals surface area contributed by atoms with Gasteiger partial charge in [-0.05, 0) is 13.8 Å². The second-order valence-corrected chi connectivity index (χ2v) is 4.79. The molecule has 0 N–H and O–H groups in total. The predicted molar refractivity (Wildman–Crippen MR) is 59.9 cm³/mol. The molecule has 5 nitrogen and oxygen atoms in total. The number of amides is 1. The Kier molecular flexibility index (Phi) is 2.49. The zero-order chi connectivity index (χ0) is 12.8. The van der Waals surface area contributed by atoms with Gasteiger partial charge in [-0.15, -0.1) is 0 Å². The summed E-state index contributed by atoms with van der Waals surface area (Å²) in [5.74, 6) is -0.194. The van der Waals surface area contributed by atoms with E-state index in [1.54, 1.807) is 11.9 Å². The lowest BCUT2D eigenvalue weighted by molar-refractivity contribution is 0.0543. The number of furan rings is 1. The van der Waals surface area contributed by atoms with E-state index in [-0.39, 0.29) is 17.0 Å². The molecule has 0 bridgehead atoms. The summed E-state index contributed by atoms with van der Waals surface area (Å²) in [4.78, 5) is 25.3. The molecule has 0 saturated heterocycles. The van der Waals surface area contributed by atoms with Crippen LogP contribution in [0.25, 0.3) is 0 Å². The predicted octanol–water partition coefficient (Wildman–Crippen LogP) is 1.47. The minimum absolute atomic E-state index is 0.203. The quantitative estimate of drug-likeness (QED) is 0.694. The molecule has 0 unspecified atom stereocenters. The maximum absolute atomic E-state index is 12.2. The molecule has 17 heavy (non-hydrogen) atoms. The average molecular weight is 237 g/mol. The van der Waals surface area contributed by atoms with Crippen LogP contribution in [0.2, 0.25) is 0 Å². The van der Waals surface area contributed by atoms with Crippen molar-refractivity contribution in [2.75, 3.05) is 14.2 Å². The van der Waals surface area contributed by atoms with Gasteiger partial charge in [0.1, 0.15) is 17.6 Å². The number of rotatable bonds is 1. The Morgan fingerprint density at radius 1 is 1.53 bits per heavy atom. The van der Waals surface area contributed by atoms with Crippen LogP contribution in [0, 0.1) is 0 Å². The van der Waals surface area contributed by atoms with Gasteiger partial charge in [-0.1, -0.05) is 0 Å². The molecule has 0 atom stereocenters. The van der Waals surface area contributed by atoms with Crippen LogP contribution in [0.15, 0.2) is 10.7 Å². The average Bonchev–Trinajstić information content (AvgIpc) is 2.68. The third-order valence-electron chi connectivity index (χ3n) is 3.29. The third kappa shape index (κ3) is 1.62. The highest BCUT2D eigenvalue weighted by Crippen LogP contribution is 2.32. The first-order valence-corrected chi connectivity index (χ1v) is 5.35. The molecular formula is C12H15NO4. The minimum Gasteiger partial charge on any atom is -0.467 e. The van der Waals surface area contributed by atoms with Crippen molar-refractivity contribution >= 4 is 11.9 Å². The fraction of sp³-hybridized carbons (Fsp3) is 0.500. The van der Waals surface area contributed by atoms with Crippen molar-refractivity contribution in [3.8, 4) is 0 Å². The Morgan fingerprint density at radius 3 is 2.76 bits per heavy atom. The third-order valence-corrected chi connectivity index (χ3v) is 3.29. The van der Waals surface area contributed by atoms with E-state index in [0.29, 0.717) is 17.7 Å². The van der Waals surface area contributed by atoms with E-state index in [2.05, 4.69) is 4.74 Å². The Bertz CT molecular complexity index is 487. The summed E-state index contributed by atoms with van der Waals surface area (Å²) in [5, 5.41) is 0. The molecule has 1 aliphatic heterocycles. The number of esters is 1. The summed E-state index contributed by atoms with van der Waals surface area (Å²) in [7, 11) is 3.00. The Morgan fingerprint density at radius 2 is 2.18 bits per heavy atom. The van der Waals surface area contributed by atoms with Crippen LogP contribution in [0.1, 0.15) is 40.3 Å². The molecule has 1 aromatic rings. The SMILES string of the molecule is COC(=O)c1coc2c1C(=O)N(C)C(C)(C)C2. The summed E-state index contributed by atoms with van der Waals surface area (Å²) >= 11 is 0. The van der Waals surface area contributed by atoms with Crippen LogP contribution in [-0.2, 0) is 11.2 Å². The number of nitrogens with zero attached hydrogens (tertiary/aromatic N) is 1. The molecule has 0 radical (unpaired) electrons. The van der Waals surface area contributed by atoms with Crippen molar-refractivity contribution in [2.45, 2.75) is 25.8 Å². The zero-order valence-corrected chi connectivity index (χ0v) is 10.4. The zero-order valence-electron chi connectivity index (χ0n) is 10.4. The summed E-state index contributed by atoms with van der Waals surface area (Å²) < 4.78 is 9.94. The normalized spacial score (nSPS) is 17.9. The van der Waals surface area contributed by atoms with Crippen LogP contribution in [0.4, 0.5) is 0 Å². The molecule has 1 aromatic heterocycles. The number of hydrogen-bond acceptors (Lipinski definition) is 4. The van der Waals surface area contributed by atoms with Crippen LogP contribution in [0.5, 0.6) is 0 Å². The Hall–Kier alpha value is -1.78. The lowest BCUT2D eigenvalue weighted by Gasteiger charge is -2.38. The van der Waals surface area contributed by atoms with E-state index in [0.717, 1.165) is 0 Å². The fourth-order valence-electron chi connectivity index (χ4n) is 1.98. The van der Waals surface area contributed by atoms with E-state index < -0.39 is 5.97 Å². The molecule has 2 heterocycles. The molecule has 1 aliphatic rings. The van der Waals surface area contributed by atoms with Gasteiger partial charge in [0.05, 0.1) is 12.7 Å². The lowest BCUT2D eigenvalue weighted by atomic mass is 9.89. The van der Waals surface area contributed by atoms with Crippen molar-refractivity contribution in [3.05, 3.63) is 23.2 Å². The molecule has 0 aromatic carbocycles. The second kappa shape index (κ2) is 3.61. The highest BCUT2D eigenvalue weighted by molar-refractivity contribution is 6.06. The number of ether oxygens (including phenoxy) is 1. The van der Waals surface area contributed by atoms with Gasteiger partial charge in [0, 0.05) is 19.0 Å². The maximum Gasteiger partial charge on any atom is 0.341 e. The van der Waals surface area contributed by atoms with Gasteiger partial charge in [0.25, 0.3) is 5.91 Å². The fourth-order valence-corrected chi connectivity index (χ4v) is 1.98. The number of carbonyl (C=O) groups is 2. The maximum atomic E-state index is 12.2. The molecule has 0 fully saturated rings. The van der Waals surface area contributed by atoms with Crippen LogP contribution >= 0.6 is 0 Å². The number of hydrogen-bond donors (Lipinski definition) is 0. The molecular weight excluding hydrogens is 222 g/mol. The highest BCUT2D eigenvalue weighted by Gasteiger charge is 2.40. The summed E-state index contributed by atoms with van der Waals surface area (Å²) in [6.45, 7) is 3.91. The monoisotopic (exact) mass is 237 g/mol. The molecule has 0 aliphatic carbocycles. The van der Waals surface area contributed by atoms with Gasteiger partial charge in [-0.25, -0.2) is 4.79 Å². The summed E-state index contributed by atoms with van der Waals surface area (Å²) in [6.07, 6.45) is 1.88. The van der Waals surface area contributed by atoms with Crippen molar-refractivity contribution in [1.29, 1.82) is 0 Å². The van der Waals surface area contributed by atoms with E-state index in [9.17, 15) is 9.59 Å². The van der Waals surface area contributed by atoms with Crippen molar-refractivity contribution in [1.82, 2.24) is 4.90 Å². The highest BCUT2D eigenvalue weighted by atomic mass is 16.5. The molecule has 5 heteroatoms. The van der Waals surface area contributed by atoms with Gasteiger partial charge < -0.3 is 14.1 Å². The molecule has 0 saturated carbocycles. The summed E-state index contributed by atoms with van der Waals surface area (Å²) in [5.41, 5.74) is 0.225. The second-order valence-electron chi connectivity index (χ2n) is 4.79. The Balaban J connectivity index is 2.53. The van der Waals surface area contributed by atoms with Gasteiger partial charge in [0.15, 0.2) is 0 Å². The van der Waals surface area contributed by atoms with E-state index in [4.69, 9.17) is 4.42 Å². The van der Waals surface area contributed by atoms with E-state index in [1.165, 1.54) is 13.4 Å². The largest absolute Gasteiger partial charge is 0.467 e. The number of fused-ring (bicyclic) bond motifs is 1. The lowest BCUT2D eigenvalue weighted by Crippen LogP contribution is -2.50. The van der Waals surface area contributed by atoms with Crippen molar-refractivity contribution < 1.29 is 18.7 Å². The summed E-state index contributed by atoms with van der Waals surface area (Å²) in [6, 6.07) is 0. The smallest absolute Gasteiger partial charge is 0.341 e. The number of methoxy groups -OCH3 is 1. The minimum atomic E-state index is -0.545. The van der Waals surface area contributed by atoms with E-state index in [1.807, 2.05) is 13.8 Å². The van der Waals surface area contributed by atoms with Crippen LogP contribution in [-0.4, -0.2) is 36.5 Å². The number of carbonyl (C=O) groups excluding carboxylic acids is 2. The molecule has 0 spiro atoms. The standard InChI is InChI=1S/C12H15NO4/c1-12(2)5-8-9(10(14)13(12)3)7(6-17-8)11(15)16-4/h6H,5H2,1-4H3. The molecule has 2 rings (SSSR count). The first-order chi connectivity index (χ1) is 7.88. The first kappa shape index (κ1) is 11.7. The first-order valence-electron chi connectivity index (χ1n) is 5.35. The van der Waals surface area contributed by atoms with Crippen LogP contribution < -0.4 is 0 Å². The topological polar surface area (TPSA) is 59.8 Å². The molecule has 92 valence electrons. The molecule has 1 amide bonds. The van der Waals surface area contributed by atoms with Crippen LogP contribution in [0.3, 0.4) is 0 Å². The van der Waals surface area contributed by atoms with Gasteiger partial charge in [-0.2, -0.15) is 0 Å². The van der Waals surface area contributed by atoms with Gasteiger partial charge >= 0.3 is 5.97 Å². The van der Waals surface area contributed by atoms with Gasteiger partial charge in [-0.3, -0.25) is 4.79 Å². The van der Waals surface area contributed by atoms with Crippen molar-refractivity contribution in [3.63, 3.8) is 0 Å². The van der Waals surface area contributed by atoms with Crippen molar-refractivity contribution in [2.24, 2.45) is 0 Å². The van der Waals surface area contributed by atoms with E-state index >= 15 is 0 Å².